The van der Waals surface area contributed by atoms with Crippen LogP contribution in [-0.4, -0.2) is 20.2 Å². The van der Waals surface area contributed by atoms with Gasteiger partial charge in [0.05, 0.1) is 5.25 Å². The van der Waals surface area contributed by atoms with Gasteiger partial charge in [-0.1, -0.05) is 65.8 Å². The number of benzene rings is 2. The van der Waals surface area contributed by atoms with Gasteiger partial charge in [0.15, 0.2) is 0 Å². The van der Waals surface area contributed by atoms with Gasteiger partial charge in [0.1, 0.15) is 0 Å². The van der Waals surface area contributed by atoms with Crippen LogP contribution in [0.15, 0.2) is 59.8 Å². The molecule has 1 heterocycles. The van der Waals surface area contributed by atoms with Crippen LogP contribution in [0.5, 0.6) is 0 Å². The van der Waals surface area contributed by atoms with Gasteiger partial charge in [-0.05, 0) is 33.7 Å². The first-order chi connectivity index (χ1) is 10.2. The van der Waals surface area contributed by atoms with Gasteiger partial charge < -0.3 is 0 Å². The first-order valence-corrected chi connectivity index (χ1v) is 7.69. The molecule has 3 rings (SSSR count). The third-order valence-corrected chi connectivity index (χ3v) is 4.67. The van der Waals surface area contributed by atoms with Crippen molar-refractivity contribution in [2.45, 2.75) is 10.4 Å². The summed E-state index contributed by atoms with van der Waals surface area (Å²) in [5, 5.41) is 13.3. The van der Waals surface area contributed by atoms with Gasteiger partial charge in [-0.3, -0.25) is 0 Å². The summed E-state index contributed by atoms with van der Waals surface area (Å²) < 4.78 is 1.68. The van der Waals surface area contributed by atoms with Crippen LogP contribution < -0.4 is 0 Å². The summed E-state index contributed by atoms with van der Waals surface area (Å²) in [6.45, 7) is 0. The molecule has 3 aromatic rings. The Hall–Kier alpha value is -1.85. The SMILES string of the molecule is Cn1nnnc1S[C@H](c1ccccc1)c1ccc(Cl)cc1. The maximum atomic E-state index is 5.99. The highest BCUT2D eigenvalue weighted by Gasteiger charge is 2.18. The zero-order valence-corrected chi connectivity index (χ0v) is 12.9. The molecule has 0 aliphatic carbocycles. The highest BCUT2D eigenvalue weighted by Crippen LogP contribution is 2.39. The van der Waals surface area contributed by atoms with Crippen LogP contribution >= 0.6 is 23.4 Å². The minimum Gasteiger partial charge on any atom is -0.224 e. The fourth-order valence-corrected chi connectivity index (χ4v) is 3.22. The molecule has 0 aliphatic rings. The molecule has 0 bridgehead atoms. The van der Waals surface area contributed by atoms with Crippen molar-refractivity contribution in [1.29, 1.82) is 0 Å². The maximum absolute atomic E-state index is 5.99. The smallest absolute Gasteiger partial charge is 0.209 e. The highest BCUT2D eigenvalue weighted by molar-refractivity contribution is 7.99. The maximum Gasteiger partial charge on any atom is 0.209 e. The Kier molecular flexibility index (Phi) is 4.22. The number of thioether (sulfide) groups is 1. The molecular weight excluding hydrogens is 304 g/mol. The van der Waals surface area contributed by atoms with E-state index in [1.54, 1.807) is 16.4 Å². The number of aromatic nitrogens is 4. The molecule has 0 radical (unpaired) electrons. The average Bonchev–Trinajstić information content (AvgIpc) is 2.92. The lowest BCUT2D eigenvalue weighted by molar-refractivity contribution is 0.664. The van der Waals surface area contributed by atoms with Crippen molar-refractivity contribution in [2.75, 3.05) is 0 Å². The van der Waals surface area contributed by atoms with E-state index in [1.807, 2.05) is 49.5 Å². The molecule has 0 spiro atoms. The summed E-state index contributed by atoms with van der Waals surface area (Å²) >= 11 is 7.60. The predicted molar refractivity (Wildman–Crippen MR) is 84.4 cm³/mol. The quantitative estimate of drug-likeness (QED) is 0.688. The molecule has 0 saturated heterocycles. The Bertz CT molecular complexity index is 712. The zero-order valence-electron chi connectivity index (χ0n) is 11.3. The summed E-state index contributed by atoms with van der Waals surface area (Å²) in [5.41, 5.74) is 2.37. The summed E-state index contributed by atoms with van der Waals surface area (Å²) in [4.78, 5) is 0. The van der Waals surface area contributed by atoms with Gasteiger partial charge in [-0.2, -0.15) is 0 Å². The van der Waals surface area contributed by atoms with E-state index in [-0.39, 0.29) is 5.25 Å². The van der Waals surface area contributed by atoms with Crippen molar-refractivity contribution in [2.24, 2.45) is 7.05 Å². The number of hydrogen-bond acceptors (Lipinski definition) is 4. The largest absolute Gasteiger partial charge is 0.224 e. The Balaban J connectivity index is 1.99. The Morgan fingerprint density at radius 2 is 1.67 bits per heavy atom. The van der Waals surface area contributed by atoms with Crippen LogP contribution in [0.2, 0.25) is 5.02 Å². The van der Waals surface area contributed by atoms with E-state index in [0.29, 0.717) is 0 Å². The molecule has 4 nitrogen and oxygen atoms in total. The minimum absolute atomic E-state index is 0.119. The molecule has 21 heavy (non-hydrogen) atoms. The number of hydrogen-bond donors (Lipinski definition) is 0. The molecule has 0 aliphatic heterocycles. The van der Waals surface area contributed by atoms with E-state index in [4.69, 9.17) is 11.6 Å². The van der Waals surface area contributed by atoms with Gasteiger partial charge in [0.25, 0.3) is 0 Å². The van der Waals surface area contributed by atoms with Crippen molar-refractivity contribution >= 4 is 23.4 Å². The van der Waals surface area contributed by atoms with Crippen molar-refractivity contribution in [3.63, 3.8) is 0 Å². The van der Waals surface area contributed by atoms with Crippen LogP contribution in [0.1, 0.15) is 16.4 Å². The van der Waals surface area contributed by atoms with E-state index in [9.17, 15) is 0 Å². The third-order valence-electron chi connectivity index (χ3n) is 3.08. The van der Waals surface area contributed by atoms with E-state index in [2.05, 4.69) is 27.7 Å². The first-order valence-electron chi connectivity index (χ1n) is 6.43. The van der Waals surface area contributed by atoms with E-state index >= 15 is 0 Å². The van der Waals surface area contributed by atoms with Crippen LogP contribution in [0.25, 0.3) is 0 Å². The second-order valence-electron chi connectivity index (χ2n) is 4.55. The molecule has 1 atom stereocenters. The monoisotopic (exact) mass is 316 g/mol. The number of nitrogens with zero attached hydrogens (tertiary/aromatic N) is 4. The second-order valence-corrected chi connectivity index (χ2v) is 6.05. The van der Waals surface area contributed by atoms with Gasteiger partial charge in [-0.15, -0.1) is 5.10 Å². The highest BCUT2D eigenvalue weighted by atomic mass is 35.5. The number of tetrazole rings is 1. The lowest BCUT2D eigenvalue weighted by Crippen LogP contribution is -2.00. The fraction of sp³-hybridized carbons (Fsp3) is 0.133. The Morgan fingerprint density at radius 1 is 1.00 bits per heavy atom. The van der Waals surface area contributed by atoms with Crippen molar-refractivity contribution < 1.29 is 0 Å². The van der Waals surface area contributed by atoms with Crippen molar-refractivity contribution in [3.05, 3.63) is 70.7 Å². The topological polar surface area (TPSA) is 43.6 Å². The van der Waals surface area contributed by atoms with Crippen LogP contribution in [0.3, 0.4) is 0 Å². The summed E-state index contributed by atoms with van der Waals surface area (Å²) in [7, 11) is 1.84. The van der Waals surface area contributed by atoms with Crippen molar-refractivity contribution in [3.8, 4) is 0 Å². The summed E-state index contributed by atoms with van der Waals surface area (Å²) in [5.74, 6) is 0. The first kappa shape index (κ1) is 14.1. The van der Waals surface area contributed by atoms with Gasteiger partial charge in [0, 0.05) is 12.1 Å². The molecule has 0 N–H and O–H groups in total. The molecule has 2 aromatic carbocycles. The summed E-state index contributed by atoms with van der Waals surface area (Å²) in [6, 6.07) is 18.2. The van der Waals surface area contributed by atoms with Gasteiger partial charge in [0.2, 0.25) is 5.16 Å². The predicted octanol–water partition coefficient (Wildman–Crippen LogP) is 3.75. The third kappa shape index (κ3) is 3.25. The molecule has 0 amide bonds. The van der Waals surface area contributed by atoms with Crippen LogP contribution in [-0.2, 0) is 7.05 Å². The van der Waals surface area contributed by atoms with Crippen LogP contribution in [0.4, 0.5) is 0 Å². The number of halogens is 1. The molecule has 0 unspecified atom stereocenters. The second kappa shape index (κ2) is 6.28. The zero-order chi connectivity index (χ0) is 14.7. The average molecular weight is 317 g/mol. The molecule has 0 saturated carbocycles. The van der Waals surface area contributed by atoms with E-state index < -0.39 is 0 Å². The van der Waals surface area contributed by atoms with E-state index in [1.165, 1.54) is 11.1 Å². The van der Waals surface area contributed by atoms with Crippen molar-refractivity contribution in [1.82, 2.24) is 20.2 Å². The molecule has 6 heteroatoms. The Morgan fingerprint density at radius 3 is 2.29 bits per heavy atom. The molecular formula is C15H13ClN4S. The van der Waals surface area contributed by atoms with E-state index in [0.717, 1.165) is 10.2 Å². The molecule has 106 valence electrons. The van der Waals surface area contributed by atoms with Gasteiger partial charge >= 0.3 is 0 Å². The lowest BCUT2D eigenvalue weighted by Gasteiger charge is -2.16. The minimum atomic E-state index is 0.119. The summed E-state index contributed by atoms with van der Waals surface area (Å²) in [6.07, 6.45) is 0. The number of aryl methyl sites for hydroxylation is 1. The Labute approximate surface area is 132 Å². The standard InChI is InChI=1S/C15H13ClN4S/c1-20-15(17-18-19-20)21-14(11-5-3-2-4-6-11)12-7-9-13(16)10-8-12/h2-10,14H,1H3/t14-/m1/s1. The lowest BCUT2D eigenvalue weighted by atomic mass is 10.0. The number of rotatable bonds is 4. The van der Waals surface area contributed by atoms with Crippen LogP contribution in [0, 0.1) is 0 Å². The fourth-order valence-electron chi connectivity index (χ4n) is 2.02. The normalized spacial score (nSPS) is 12.3. The molecule has 0 fully saturated rings. The van der Waals surface area contributed by atoms with Gasteiger partial charge in [-0.25, -0.2) is 4.68 Å². The molecule has 1 aromatic heterocycles.